The number of hydrogen-bond acceptors (Lipinski definition) is 4. The summed E-state index contributed by atoms with van der Waals surface area (Å²) < 4.78 is 0. The van der Waals surface area contributed by atoms with E-state index in [-0.39, 0.29) is 11.9 Å². The third-order valence-electron chi connectivity index (χ3n) is 4.32. The summed E-state index contributed by atoms with van der Waals surface area (Å²) in [6.07, 6.45) is 6.14. The van der Waals surface area contributed by atoms with Gasteiger partial charge in [0.05, 0.1) is 0 Å². The molecule has 2 atom stereocenters. The maximum Gasteiger partial charge on any atom is 0.272 e. The summed E-state index contributed by atoms with van der Waals surface area (Å²) in [6.45, 7) is 3.58. The van der Waals surface area contributed by atoms with Crippen molar-refractivity contribution in [3.63, 3.8) is 0 Å². The lowest BCUT2D eigenvalue weighted by Crippen LogP contribution is -2.45. The molecule has 2 fully saturated rings. The Hall–Kier alpha value is -1.49. The summed E-state index contributed by atoms with van der Waals surface area (Å²) in [5.41, 5.74) is 6.51. The van der Waals surface area contributed by atoms with Crippen LogP contribution in [0, 0.1) is 5.92 Å². The molecule has 1 saturated carbocycles. The molecule has 3 rings (SSSR count). The number of hydrogen-bond donors (Lipinski definition) is 1. The molecular weight excluding hydrogens is 252 g/mol. The molecule has 5 heteroatoms. The maximum absolute atomic E-state index is 12.6. The number of piperidine rings is 1. The first-order valence-electron chi connectivity index (χ1n) is 7.53. The lowest BCUT2D eigenvalue weighted by atomic mass is 9.92. The van der Waals surface area contributed by atoms with E-state index in [1.165, 1.54) is 0 Å². The second kappa shape index (κ2) is 5.48. The van der Waals surface area contributed by atoms with Gasteiger partial charge in [-0.2, -0.15) is 0 Å². The first-order chi connectivity index (χ1) is 9.65. The molecule has 0 spiro atoms. The zero-order valence-electron chi connectivity index (χ0n) is 12.0. The summed E-state index contributed by atoms with van der Waals surface area (Å²) in [4.78, 5) is 23.2. The van der Waals surface area contributed by atoms with Crippen molar-refractivity contribution in [2.75, 3.05) is 13.1 Å². The Morgan fingerprint density at radius 2 is 2.25 bits per heavy atom. The highest BCUT2D eigenvalue weighted by atomic mass is 16.2. The van der Waals surface area contributed by atoms with Crippen LogP contribution in [0.15, 0.2) is 12.3 Å². The van der Waals surface area contributed by atoms with Crippen LogP contribution in [-0.2, 0) is 0 Å². The third kappa shape index (κ3) is 2.82. The van der Waals surface area contributed by atoms with Crippen molar-refractivity contribution in [1.82, 2.24) is 14.9 Å². The fraction of sp³-hybridized carbons (Fsp3) is 0.667. The van der Waals surface area contributed by atoms with Gasteiger partial charge in [0.1, 0.15) is 11.5 Å². The van der Waals surface area contributed by atoms with E-state index < -0.39 is 0 Å². The molecule has 5 nitrogen and oxygen atoms in total. The highest BCUT2D eigenvalue weighted by molar-refractivity contribution is 5.92. The van der Waals surface area contributed by atoms with Gasteiger partial charge in [-0.05, 0) is 44.6 Å². The van der Waals surface area contributed by atoms with Gasteiger partial charge in [-0.1, -0.05) is 0 Å². The van der Waals surface area contributed by atoms with Crippen molar-refractivity contribution >= 4 is 5.91 Å². The number of nitrogens with two attached hydrogens (primary N) is 1. The van der Waals surface area contributed by atoms with Gasteiger partial charge in [0.15, 0.2) is 0 Å². The molecule has 2 heterocycles. The number of amides is 1. The lowest BCUT2D eigenvalue weighted by Gasteiger charge is -2.34. The molecule has 1 aromatic heterocycles. The lowest BCUT2D eigenvalue weighted by molar-refractivity contribution is 0.0654. The second-order valence-corrected chi connectivity index (χ2v) is 6.09. The molecule has 1 aliphatic carbocycles. The zero-order valence-corrected chi connectivity index (χ0v) is 12.0. The van der Waals surface area contributed by atoms with Gasteiger partial charge in [0.2, 0.25) is 0 Å². The Morgan fingerprint density at radius 1 is 1.45 bits per heavy atom. The average molecular weight is 274 g/mol. The van der Waals surface area contributed by atoms with Crippen LogP contribution in [0.3, 0.4) is 0 Å². The van der Waals surface area contributed by atoms with Gasteiger partial charge in [-0.25, -0.2) is 9.97 Å². The van der Waals surface area contributed by atoms with E-state index in [1.54, 1.807) is 12.3 Å². The number of rotatable bonds is 3. The predicted octanol–water partition coefficient (Wildman–Crippen LogP) is 1.55. The minimum absolute atomic E-state index is 0.0275. The molecule has 20 heavy (non-hydrogen) atoms. The Kier molecular flexibility index (Phi) is 3.70. The molecule has 1 amide bonds. The minimum atomic E-state index is 0.0275. The van der Waals surface area contributed by atoms with E-state index in [2.05, 4.69) is 9.97 Å². The van der Waals surface area contributed by atoms with Crippen LogP contribution >= 0.6 is 0 Å². The highest BCUT2D eigenvalue weighted by Gasteiger charge is 2.30. The van der Waals surface area contributed by atoms with E-state index in [1.807, 2.05) is 11.8 Å². The van der Waals surface area contributed by atoms with Crippen molar-refractivity contribution in [3.8, 4) is 0 Å². The summed E-state index contributed by atoms with van der Waals surface area (Å²) >= 11 is 0. The topological polar surface area (TPSA) is 72.1 Å². The Labute approximate surface area is 119 Å². The number of carbonyl (C=O) groups excluding carboxylic acids is 1. The molecule has 1 aromatic rings. The predicted molar refractivity (Wildman–Crippen MR) is 76.3 cm³/mol. The standard InChI is InChI=1S/C15H22N4O/c1-10(16)12-3-2-8-19(9-12)15(20)13-6-7-17-14(18-13)11-4-5-11/h6-7,10-12H,2-5,8-9,16H2,1H3. The number of nitrogens with zero attached hydrogens (tertiary/aromatic N) is 3. The number of carbonyl (C=O) groups is 1. The average Bonchev–Trinajstić information content (AvgIpc) is 3.31. The van der Waals surface area contributed by atoms with E-state index in [0.29, 0.717) is 17.5 Å². The number of aromatic nitrogens is 2. The van der Waals surface area contributed by atoms with Gasteiger partial charge >= 0.3 is 0 Å². The van der Waals surface area contributed by atoms with Crippen molar-refractivity contribution < 1.29 is 4.79 Å². The van der Waals surface area contributed by atoms with Crippen LogP contribution in [0.4, 0.5) is 0 Å². The van der Waals surface area contributed by atoms with E-state index in [4.69, 9.17) is 5.73 Å². The normalized spacial score (nSPS) is 24.5. The van der Waals surface area contributed by atoms with Crippen LogP contribution < -0.4 is 5.73 Å². The molecule has 0 bridgehead atoms. The van der Waals surface area contributed by atoms with Crippen molar-refractivity contribution in [3.05, 3.63) is 23.8 Å². The Bertz CT molecular complexity index is 498. The Balaban J connectivity index is 1.72. The van der Waals surface area contributed by atoms with Gasteiger partial charge in [-0.3, -0.25) is 4.79 Å². The van der Waals surface area contributed by atoms with Gasteiger partial charge < -0.3 is 10.6 Å². The molecule has 1 saturated heterocycles. The molecule has 0 aromatic carbocycles. The molecular formula is C15H22N4O. The quantitative estimate of drug-likeness (QED) is 0.907. The van der Waals surface area contributed by atoms with Crippen LogP contribution in [0.25, 0.3) is 0 Å². The molecule has 2 unspecified atom stereocenters. The first-order valence-corrected chi connectivity index (χ1v) is 7.53. The van der Waals surface area contributed by atoms with Crippen LogP contribution in [0.5, 0.6) is 0 Å². The van der Waals surface area contributed by atoms with Gasteiger partial charge in [-0.15, -0.1) is 0 Å². The first kappa shape index (κ1) is 13.5. The van der Waals surface area contributed by atoms with E-state index in [0.717, 1.165) is 44.6 Å². The summed E-state index contributed by atoms with van der Waals surface area (Å²) in [6, 6.07) is 1.86. The summed E-state index contributed by atoms with van der Waals surface area (Å²) in [5.74, 6) is 1.73. The van der Waals surface area contributed by atoms with Crippen molar-refractivity contribution in [2.24, 2.45) is 11.7 Å². The molecule has 2 aliphatic rings. The van der Waals surface area contributed by atoms with E-state index in [9.17, 15) is 4.79 Å². The van der Waals surface area contributed by atoms with Crippen LogP contribution in [-0.4, -0.2) is 39.9 Å². The molecule has 2 N–H and O–H groups in total. The molecule has 1 aliphatic heterocycles. The zero-order chi connectivity index (χ0) is 14.1. The van der Waals surface area contributed by atoms with Crippen molar-refractivity contribution in [1.29, 1.82) is 0 Å². The highest BCUT2D eigenvalue weighted by Crippen LogP contribution is 2.37. The second-order valence-electron chi connectivity index (χ2n) is 6.09. The van der Waals surface area contributed by atoms with Crippen LogP contribution in [0.2, 0.25) is 0 Å². The minimum Gasteiger partial charge on any atom is -0.337 e. The SMILES string of the molecule is CC(N)C1CCCN(C(=O)c2ccnc(C3CC3)n2)C1. The fourth-order valence-electron chi connectivity index (χ4n) is 2.82. The molecule has 0 radical (unpaired) electrons. The van der Waals surface area contributed by atoms with Gasteiger partial charge in [0.25, 0.3) is 5.91 Å². The largest absolute Gasteiger partial charge is 0.337 e. The van der Waals surface area contributed by atoms with Gasteiger partial charge in [0, 0.05) is 31.2 Å². The number of likely N-dealkylation sites (tertiary alicyclic amines) is 1. The fourth-order valence-corrected chi connectivity index (χ4v) is 2.82. The van der Waals surface area contributed by atoms with Crippen LogP contribution in [0.1, 0.15) is 54.8 Å². The maximum atomic E-state index is 12.6. The monoisotopic (exact) mass is 274 g/mol. The third-order valence-corrected chi connectivity index (χ3v) is 4.32. The van der Waals surface area contributed by atoms with E-state index >= 15 is 0 Å². The van der Waals surface area contributed by atoms with Crippen molar-refractivity contribution in [2.45, 2.75) is 44.6 Å². The summed E-state index contributed by atoms with van der Waals surface area (Å²) in [7, 11) is 0. The summed E-state index contributed by atoms with van der Waals surface area (Å²) in [5, 5.41) is 0. The molecule has 108 valence electrons. The smallest absolute Gasteiger partial charge is 0.272 e. The Morgan fingerprint density at radius 3 is 2.95 bits per heavy atom.